The molecule has 0 aliphatic rings. The molecule has 0 aromatic carbocycles. The van der Waals surface area contributed by atoms with Crippen LogP contribution < -0.4 is 0 Å². The third kappa shape index (κ3) is 6.11. The SMILES string of the molecule is CCCO[PH](=O)C(C#N)OS(C)(=O)=O. The van der Waals surface area contributed by atoms with Crippen molar-refractivity contribution in [2.45, 2.75) is 19.2 Å². The van der Waals surface area contributed by atoms with E-state index in [1.807, 2.05) is 0 Å². The maximum absolute atomic E-state index is 11.2. The van der Waals surface area contributed by atoms with Crippen LogP contribution in [0.25, 0.3) is 0 Å². The molecule has 8 heteroatoms. The Morgan fingerprint density at radius 1 is 1.57 bits per heavy atom. The number of hydrogen-bond donors (Lipinski definition) is 0. The monoisotopic (exact) mass is 241 g/mol. The molecule has 0 saturated heterocycles. The van der Waals surface area contributed by atoms with Gasteiger partial charge in [0.25, 0.3) is 10.1 Å². The molecule has 2 unspecified atom stereocenters. The van der Waals surface area contributed by atoms with Crippen molar-refractivity contribution in [2.24, 2.45) is 0 Å². The van der Waals surface area contributed by atoms with Gasteiger partial charge >= 0.3 is 0 Å². The van der Waals surface area contributed by atoms with Crippen LogP contribution in [-0.4, -0.2) is 27.1 Å². The van der Waals surface area contributed by atoms with E-state index in [9.17, 15) is 13.0 Å². The fourth-order valence-electron chi connectivity index (χ4n) is 0.567. The maximum Gasteiger partial charge on any atom is 0.266 e. The minimum absolute atomic E-state index is 0.211. The summed E-state index contributed by atoms with van der Waals surface area (Å²) in [6.45, 7) is 2.01. The zero-order valence-corrected chi connectivity index (χ0v) is 9.70. The lowest BCUT2D eigenvalue weighted by Gasteiger charge is -2.08. The van der Waals surface area contributed by atoms with Crippen molar-refractivity contribution in [2.75, 3.05) is 12.9 Å². The van der Waals surface area contributed by atoms with Crippen LogP contribution in [0.5, 0.6) is 0 Å². The van der Waals surface area contributed by atoms with Crippen molar-refractivity contribution in [3.05, 3.63) is 0 Å². The van der Waals surface area contributed by atoms with E-state index in [1.165, 1.54) is 6.07 Å². The fraction of sp³-hybridized carbons (Fsp3) is 0.833. The number of rotatable bonds is 6. The molecule has 0 radical (unpaired) electrons. The van der Waals surface area contributed by atoms with E-state index < -0.39 is 24.0 Å². The molecule has 0 spiro atoms. The van der Waals surface area contributed by atoms with Crippen LogP contribution in [-0.2, 0) is 23.4 Å². The van der Waals surface area contributed by atoms with Crippen LogP contribution in [0.4, 0.5) is 0 Å². The lowest BCUT2D eigenvalue weighted by molar-refractivity contribution is 0.273. The normalized spacial score (nSPS) is 15.8. The third-order valence-electron chi connectivity index (χ3n) is 1.05. The second kappa shape index (κ2) is 6.14. The van der Waals surface area contributed by atoms with Gasteiger partial charge in [-0.15, -0.1) is 0 Å². The zero-order chi connectivity index (χ0) is 11.2. The van der Waals surface area contributed by atoms with E-state index in [2.05, 4.69) is 4.18 Å². The molecule has 0 aliphatic carbocycles. The van der Waals surface area contributed by atoms with Crippen molar-refractivity contribution in [3.63, 3.8) is 0 Å². The van der Waals surface area contributed by atoms with Gasteiger partial charge in [-0.05, 0) is 6.42 Å². The molecule has 0 aromatic rings. The quantitative estimate of drug-likeness (QED) is 0.502. The topological polar surface area (TPSA) is 93.5 Å². The van der Waals surface area contributed by atoms with Crippen molar-refractivity contribution in [3.8, 4) is 6.07 Å². The molecule has 0 heterocycles. The Morgan fingerprint density at radius 2 is 2.14 bits per heavy atom. The average Bonchev–Trinajstić information content (AvgIpc) is 2.08. The first-order chi connectivity index (χ1) is 6.40. The summed E-state index contributed by atoms with van der Waals surface area (Å²) in [7, 11) is -6.57. The van der Waals surface area contributed by atoms with Crippen LogP contribution in [0.15, 0.2) is 0 Å². The largest absolute Gasteiger partial charge is 0.328 e. The Balaban J connectivity index is 4.30. The highest BCUT2D eigenvalue weighted by atomic mass is 32.2. The molecule has 82 valence electrons. The molecule has 0 aliphatic heterocycles. The van der Waals surface area contributed by atoms with Gasteiger partial charge in [0, 0.05) is 0 Å². The summed E-state index contributed by atoms with van der Waals surface area (Å²) in [6, 6.07) is 1.47. The number of nitrogens with zero attached hydrogens (tertiary/aromatic N) is 1. The second-order valence-corrected chi connectivity index (χ2v) is 5.53. The van der Waals surface area contributed by atoms with E-state index in [-0.39, 0.29) is 6.61 Å². The summed E-state index contributed by atoms with van der Waals surface area (Å²) in [5, 5.41) is 8.47. The Kier molecular flexibility index (Phi) is 5.96. The summed E-state index contributed by atoms with van der Waals surface area (Å²) >= 11 is 0. The first kappa shape index (κ1) is 13.6. The minimum Gasteiger partial charge on any atom is -0.328 e. The van der Waals surface area contributed by atoms with Crippen molar-refractivity contribution < 1.29 is 21.7 Å². The highest BCUT2D eigenvalue weighted by molar-refractivity contribution is 7.86. The molecule has 0 rings (SSSR count). The molecule has 6 nitrogen and oxygen atoms in total. The Morgan fingerprint density at radius 3 is 2.50 bits per heavy atom. The zero-order valence-electron chi connectivity index (χ0n) is 7.89. The highest BCUT2D eigenvalue weighted by Crippen LogP contribution is 2.30. The lowest BCUT2D eigenvalue weighted by atomic mass is 10.5. The van der Waals surface area contributed by atoms with Crippen LogP contribution in [0, 0.1) is 11.3 Å². The predicted octanol–water partition coefficient (Wildman–Crippen LogP) is 0.714. The predicted molar refractivity (Wildman–Crippen MR) is 50.6 cm³/mol. The van der Waals surface area contributed by atoms with E-state index in [0.29, 0.717) is 6.42 Å². The molecule has 0 aromatic heterocycles. The summed E-state index contributed by atoms with van der Waals surface area (Å²) < 4.78 is 41.4. The van der Waals surface area contributed by atoms with Crippen molar-refractivity contribution >= 4 is 18.1 Å². The van der Waals surface area contributed by atoms with Gasteiger partial charge in [0.1, 0.15) is 6.07 Å². The molecule has 2 atom stereocenters. The third-order valence-corrected chi connectivity index (χ3v) is 2.93. The van der Waals surface area contributed by atoms with Gasteiger partial charge in [0.2, 0.25) is 13.9 Å². The van der Waals surface area contributed by atoms with E-state index in [1.54, 1.807) is 6.92 Å². The standard InChI is InChI=1S/C6H12NO5PS/c1-3-4-11-13(8)6(5-7)12-14(2,9)10/h6,13H,3-4H2,1-2H3. The second-order valence-electron chi connectivity index (χ2n) is 2.48. The van der Waals surface area contributed by atoms with Gasteiger partial charge in [0.05, 0.1) is 12.9 Å². The van der Waals surface area contributed by atoms with Gasteiger partial charge in [-0.1, -0.05) is 6.92 Å². The van der Waals surface area contributed by atoms with Crippen molar-refractivity contribution in [1.29, 1.82) is 5.26 Å². The molecule has 0 fully saturated rings. The van der Waals surface area contributed by atoms with Crippen LogP contribution in [0.3, 0.4) is 0 Å². The van der Waals surface area contributed by atoms with Gasteiger partial charge in [-0.2, -0.15) is 13.7 Å². The van der Waals surface area contributed by atoms with E-state index in [4.69, 9.17) is 9.79 Å². The van der Waals surface area contributed by atoms with Gasteiger partial charge in [-0.3, -0.25) is 4.57 Å². The first-order valence-electron chi connectivity index (χ1n) is 3.85. The van der Waals surface area contributed by atoms with Crippen LogP contribution in [0.2, 0.25) is 0 Å². The lowest BCUT2D eigenvalue weighted by Crippen LogP contribution is -2.12. The van der Waals surface area contributed by atoms with Crippen LogP contribution in [0.1, 0.15) is 13.3 Å². The summed E-state index contributed by atoms with van der Waals surface area (Å²) in [4.78, 5) is 0. The Bertz CT molecular complexity index is 333. The molecule has 0 amide bonds. The minimum atomic E-state index is -3.78. The van der Waals surface area contributed by atoms with E-state index in [0.717, 1.165) is 6.26 Å². The molecule has 0 saturated carbocycles. The summed E-state index contributed by atoms with van der Waals surface area (Å²) in [5.41, 5.74) is 0. The van der Waals surface area contributed by atoms with Gasteiger partial charge < -0.3 is 4.52 Å². The highest BCUT2D eigenvalue weighted by Gasteiger charge is 2.21. The maximum atomic E-state index is 11.2. The molecule has 0 N–H and O–H groups in total. The van der Waals surface area contributed by atoms with Crippen molar-refractivity contribution in [1.82, 2.24) is 0 Å². The summed E-state index contributed by atoms with van der Waals surface area (Å²) in [5.74, 6) is -1.53. The van der Waals surface area contributed by atoms with Gasteiger partial charge in [0.15, 0.2) is 0 Å². The Labute approximate surface area is 83.8 Å². The van der Waals surface area contributed by atoms with Gasteiger partial charge in [-0.25, -0.2) is 4.18 Å². The Hall–Kier alpha value is -0.410. The fourth-order valence-corrected chi connectivity index (χ4v) is 2.46. The van der Waals surface area contributed by atoms with Crippen LogP contribution >= 0.6 is 8.03 Å². The first-order valence-corrected chi connectivity index (χ1v) is 7.06. The average molecular weight is 241 g/mol. The number of nitriles is 1. The number of hydrogen-bond acceptors (Lipinski definition) is 6. The molecule has 0 bridgehead atoms. The summed E-state index contributed by atoms with van der Waals surface area (Å²) in [6.07, 6.45) is 1.42. The molecular formula is C6H12NO5PS. The smallest absolute Gasteiger partial charge is 0.266 e. The molecule has 14 heavy (non-hydrogen) atoms. The molecular weight excluding hydrogens is 229 g/mol. The van der Waals surface area contributed by atoms with E-state index >= 15 is 0 Å².